The number of nitrogens with zero attached hydrogens (tertiary/aromatic N) is 2. The summed E-state index contributed by atoms with van der Waals surface area (Å²) in [5.41, 5.74) is 0.454. The Hall–Kier alpha value is -2.45. The molecule has 0 bridgehead atoms. The van der Waals surface area contributed by atoms with Crippen LogP contribution in [0.15, 0.2) is 48.5 Å². The fourth-order valence-electron chi connectivity index (χ4n) is 3.18. The predicted molar refractivity (Wildman–Crippen MR) is 98.6 cm³/mol. The molecule has 1 aliphatic heterocycles. The van der Waals surface area contributed by atoms with Crippen LogP contribution in [0.2, 0.25) is 0 Å². The molecule has 0 unspecified atom stereocenters. The number of hydrogen-bond donors (Lipinski definition) is 1. The molecule has 0 aliphatic carbocycles. The van der Waals surface area contributed by atoms with Crippen molar-refractivity contribution in [2.24, 2.45) is 0 Å². The Morgan fingerprint density at radius 1 is 1.24 bits per heavy atom. The monoisotopic (exact) mass is 425 g/mol. The molecule has 10 heteroatoms. The molecule has 2 aromatic carbocycles. The van der Waals surface area contributed by atoms with Gasteiger partial charge in [-0.1, -0.05) is 30.3 Å². The summed E-state index contributed by atoms with van der Waals surface area (Å²) in [7, 11) is -2.31. The van der Waals surface area contributed by atoms with Crippen LogP contribution in [-0.2, 0) is 27.6 Å². The number of hydroxylamine groups is 2. The van der Waals surface area contributed by atoms with Crippen molar-refractivity contribution in [3.8, 4) is 6.07 Å². The summed E-state index contributed by atoms with van der Waals surface area (Å²) in [5, 5.41) is 9.37. The fraction of sp³-hybridized carbons (Fsp3) is 0.316. The first-order valence-electron chi connectivity index (χ1n) is 8.62. The molecule has 0 saturated carbocycles. The van der Waals surface area contributed by atoms with Crippen LogP contribution in [0.25, 0.3) is 0 Å². The van der Waals surface area contributed by atoms with Gasteiger partial charge in [0.1, 0.15) is 5.25 Å². The zero-order chi connectivity index (χ0) is 21.2. The second kappa shape index (κ2) is 8.12. The molecule has 2 atom stereocenters. The van der Waals surface area contributed by atoms with Gasteiger partial charge in [-0.15, -0.1) is 0 Å². The van der Waals surface area contributed by atoms with Gasteiger partial charge >= 0.3 is 6.18 Å². The summed E-state index contributed by atoms with van der Waals surface area (Å²) in [4.78, 5) is 5.39. The van der Waals surface area contributed by atoms with E-state index in [0.29, 0.717) is 11.1 Å². The summed E-state index contributed by atoms with van der Waals surface area (Å²) < 4.78 is 66.6. The molecular weight excluding hydrogens is 407 g/mol. The van der Waals surface area contributed by atoms with Crippen molar-refractivity contribution >= 4 is 10.0 Å². The number of nitrogens with one attached hydrogen (secondary N) is 1. The predicted octanol–water partition coefficient (Wildman–Crippen LogP) is 2.98. The number of rotatable bonds is 5. The second-order valence-electron chi connectivity index (χ2n) is 6.62. The van der Waals surface area contributed by atoms with E-state index in [1.165, 1.54) is 17.2 Å². The number of nitriles is 1. The Morgan fingerprint density at radius 2 is 1.93 bits per heavy atom. The van der Waals surface area contributed by atoms with Crippen LogP contribution < -0.4 is 4.72 Å². The lowest BCUT2D eigenvalue weighted by Gasteiger charge is -2.23. The Kier molecular flexibility index (Phi) is 5.95. The molecule has 154 valence electrons. The van der Waals surface area contributed by atoms with E-state index in [4.69, 9.17) is 10.1 Å². The third kappa shape index (κ3) is 4.76. The van der Waals surface area contributed by atoms with Gasteiger partial charge in [-0.3, -0.25) is 4.84 Å². The highest BCUT2D eigenvalue weighted by Gasteiger charge is 2.43. The van der Waals surface area contributed by atoms with Crippen LogP contribution in [0.1, 0.15) is 28.3 Å². The zero-order valence-electron chi connectivity index (χ0n) is 15.3. The number of benzene rings is 2. The van der Waals surface area contributed by atoms with Crippen molar-refractivity contribution in [1.82, 2.24) is 9.79 Å². The van der Waals surface area contributed by atoms with Crippen LogP contribution >= 0.6 is 0 Å². The van der Waals surface area contributed by atoms with Gasteiger partial charge in [-0.2, -0.15) is 23.5 Å². The molecule has 1 heterocycles. The quantitative estimate of drug-likeness (QED) is 0.797. The van der Waals surface area contributed by atoms with Gasteiger partial charge in [0, 0.05) is 13.6 Å². The number of sulfonamides is 1. The highest BCUT2D eigenvalue weighted by Crippen LogP contribution is 2.34. The van der Waals surface area contributed by atoms with Crippen molar-refractivity contribution in [2.45, 2.75) is 24.0 Å². The van der Waals surface area contributed by atoms with Crippen LogP contribution in [0.4, 0.5) is 13.2 Å². The minimum atomic E-state index is -4.50. The zero-order valence-corrected chi connectivity index (χ0v) is 16.2. The largest absolute Gasteiger partial charge is 0.416 e. The molecule has 1 N–H and O–H groups in total. The summed E-state index contributed by atoms with van der Waals surface area (Å²) >= 11 is 0. The highest BCUT2D eigenvalue weighted by atomic mass is 32.2. The van der Waals surface area contributed by atoms with E-state index in [2.05, 4.69) is 4.72 Å². The van der Waals surface area contributed by atoms with Crippen LogP contribution in [0.5, 0.6) is 0 Å². The van der Waals surface area contributed by atoms with Crippen molar-refractivity contribution in [3.63, 3.8) is 0 Å². The van der Waals surface area contributed by atoms with Gasteiger partial charge in [0.25, 0.3) is 0 Å². The molecule has 0 amide bonds. The smallest absolute Gasteiger partial charge is 0.297 e. The molecular formula is C19H18F3N3O3S. The SMILES string of the molecule is CN1OC[C@@H](S(=O)(=O)NCc2cccc(C(F)(F)F)c2)[C@H]1c1ccc(C#N)cc1. The van der Waals surface area contributed by atoms with Crippen molar-refractivity contribution < 1.29 is 26.4 Å². The van der Waals surface area contributed by atoms with Gasteiger partial charge in [-0.05, 0) is 29.3 Å². The summed E-state index contributed by atoms with van der Waals surface area (Å²) in [6.45, 7) is -0.369. The molecule has 29 heavy (non-hydrogen) atoms. The number of hydrogen-bond acceptors (Lipinski definition) is 5. The van der Waals surface area contributed by atoms with Gasteiger partial charge in [0.15, 0.2) is 0 Å². The van der Waals surface area contributed by atoms with Gasteiger partial charge in [0.05, 0.1) is 29.8 Å². The van der Waals surface area contributed by atoms with Crippen LogP contribution in [0.3, 0.4) is 0 Å². The maximum absolute atomic E-state index is 12.8. The number of halogens is 3. The topological polar surface area (TPSA) is 82.4 Å². The van der Waals surface area contributed by atoms with Gasteiger partial charge < -0.3 is 0 Å². The van der Waals surface area contributed by atoms with Crippen molar-refractivity contribution in [3.05, 3.63) is 70.8 Å². The maximum Gasteiger partial charge on any atom is 0.416 e. The third-order valence-electron chi connectivity index (χ3n) is 4.70. The first-order chi connectivity index (χ1) is 13.6. The lowest BCUT2D eigenvalue weighted by atomic mass is 10.0. The molecule has 6 nitrogen and oxygen atoms in total. The lowest BCUT2D eigenvalue weighted by Crippen LogP contribution is -2.39. The molecule has 2 aromatic rings. The van der Waals surface area contributed by atoms with E-state index in [0.717, 1.165) is 12.1 Å². The standard InChI is InChI=1S/C19H18F3N3O3S/c1-25-18(15-7-5-13(10-23)6-8-15)17(12-28-25)29(26,27)24-11-14-3-2-4-16(9-14)19(20,21)22/h2-9,17-18,24H,11-12H2,1H3/t17-,18-/m1/s1. The Balaban J connectivity index is 1.78. The van der Waals surface area contributed by atoms with Crippen molar-refractivity contribution in [2.75, 3.05) is 13.7 Å². The minimum absolute atomic E-state index is 0.0981. The molecule has 0 radical (unpaired) electrons. The third-order valence-corrected chi connectivity index (χ3v) is 6.44. The number of alkyl halides is 3. The molecule has 0 spiro atoms. The van der Waals surface area contributed by atoms with E-state index < -0.39 is 33.1 Å². The van der Waals surface area contributed by atoms with E-state index >= 15 is 0 Å². The first-order valence-corrected chi connectivity index (χ1v) is 10.2. The average Bonchev–Trinajstić information content (AvgIpc) is 3.08. The van der Waals surface area contributed by atoms with Gasteiger partial charge in [0.2, 0.25) is 10.0 Å². The first kappa shape index (κ1) is 21.3. The Bertz CT molecular complexity index is 1020. The van der Waals surface area contributed by atoms with Crippen LogP contribution in [0, 0.1) is 11.3 Å². The lowest BCUT2D eigenvalue weighted by molar-refractivity contribution is -0.137. The molecule has 0 aromatic heterocycles. The molecule has 1 fully saturated rings. The van der Waals surface area contributed by atoms with E-state index in [1.54, 1.807) is 31.3 Å². The highest BCUT2D eigenvalue weighted by molar-refractivity contribution is 7.90. The van der Waals surface area contributed by atoms with E-state index in [9.17, 15) is 21.6 Å². The van der Waals surface area contributed by atoms with Crippen molar-refractivity contribution in [1.29, 1.82) is 5.26 Å². The van der Waals surface area contributed by atoms with E-state index in [-0.39, 0.29) is 18.7 Å². The Morgan fingerprint density at radius 3 is 2.55 bits per heavy atom. The average molecular weight is 425 g/mol. The summed E-state index contributed by atoms with van der Waals surface area (Å²) in [5.74, 6) is 0. The minimum Gasteiger partial charge on any atom is -0.297 e. The second-order valence-corrected chi connectivity index (χ2v) is 8.61. The van der Waals surface area contributed by atoms with Crippen LogP contribution in [-0.4, -0.2) is 32.4 Å². The fourth-order valence-corrected chi connectivity index (χ4v) is 4.67. The maximum atomic E-state index is 12.8. The summed E-state index contributed by atoms with van der Waals surface area (Å²) in [6, 6.07) is 12.4. The molecule has 3 rings (SSSR count). The summed E-state index contributed by atoms with van der Waals surface area (Å²) in [6.07, 6.45) is -4.50. The van der Waals surface area contributed by atoms with Gasteiger partial charge in [-0.25, -0.2) is 13.1 Å². The molecule has 1 saturated heterocycles. The molecule has 1 aliphatic rings. The Labute approximate surface area is 166 Å². The van der Waals surface area contributed by atoms with E-state index in [1.807, 2.05) is 6.07 Å². The normalized spacial score (nSPS) is 20.5.